The summed E-state index contributed by atoms with van der Waals surface area (Å²) in [4.78, 5) is 17.5. The van der Waals surface area contributed by atoms with Gasteiger partial charge in [-0.1, -0.05) is 32.3 Å². The Bertz CT molecular complexity index is 634. The summed E-state index contributed by atoms with van der Waals surface area (Å²) >= 11 is 0. The van der Waals surface area contributed by atoms with Crippen LogP contribution in [0, 0.1) is 0 Å². The largest absolute Gasteiger partial charge is 0.454 e. The molecule has 0 aliphatic carbocycles. The third-order valence-corrected chi connectivity index (χ3v) is 5.97. The highest BCUT2D eigenvalue weighted by Crippen LogP contribution is 2.33. The molecule has 1 saturated heterocycles. The first-order valence-corrected chi connectivity index (χ1v) is 11.1. The molecule has 1 atom stereocenters. The van der Waals surface area contributed by atoms with Gasteiger partial charge in [0.2, 0.25) is 12.7 Å². The van der Waals surface area contributed by atoms with E-state index in [0.717, 1.165) is 55.8 Å². The topological polar surface area (TPSA) is 42.0 Å². The highest BCUT2D eigenvalue weighted by Gasteiger charge is 2.20. The SMILES string of the molecule is CCCCCC(=O)N(CCCN1CCCCC1C)Cc1ccc2c(c1)OCO2. The Hall–Kier alpha value is -1.75. The molecule has 1 aromatic rings. The Kier molecular flexibility index (Phi) is 8.01. The molecule has 0 saturated carbocycles. The molecule has 0 bridgehead atoms. The zero-order valence-corrected chi connectivity index (χ0v) is 17.6. The molecule has 1 aromatic carbocycles. The summed E-state index contributed by atoms with van der Waals surface area (Å²) in [5.41, 5.74) is 1.11. The molecule has 0 radical (unpaired) electrons. The predicted molar refractivity (Wildman–Crippen MR) is 112 cm³/mol. The lowest BCUT2D eigenvalue weighted by Crippen LogP contribution is -2.40. The predicted octanol–water partition coefficient (Wildman–Crippen LogP) is 4.59. The normalized spacial score (nSPS) is 19.0. The van der Waals surface area contributed by atoms with Gasteiger partial charge in [-0.3, -0.25) is 4.79 Å². The van der Waals surface area contributed by atoms with Crippen LogP contribution in [-0.2, 0) is 11.3 Å². The van der Waals surface area contributed by atoms with Crippen LogP contribution in [0.15, 0.2) is 18.2 Å². The zero-order chi connectivity index (χ0) is 19.8. The van der Waals surface area contributed by atoms with Crippen LogP contribution in [0.5, 0.6) is 11.5 Å². The molecular formula is C23H36N2O3. The average Bonchev–Trinajstić information content (AvgIpc) is 3.16. The van der Waals surface area contributed by atoms with Crippen molar-refractivity contribution in [3.63, 3.8) is 0 Å². The highest BCUT2D eigenvalue weighted by molar-refractivity contribution is 5.76. The van der Waals surface area contributed by atoms with E-state index in [1.807, 2.05) is 23.1 Å². The number of ether oxygens (including phenoxy) is 2. The summed E-state index contributed by atoms with van der Waals surface area (Å²) < 4.78 is 10.9. The van der Waals surface area contributed by atoms with Crippen LogP contribution in [-0.4, -0.2) is 48.2 Å². The lowest BCUT2D eigenvalue weighted by Gasteiger charge is -2.34. The van der Waals surface area contributed by atoms with Gasteiger partial charge in [-0.2, -0.15) is 0 Å². The maximum Gasteiger partial charge on any atom is 0.231 e. The number of likely N-dealkylation sites (tertiary alicyclic amines) is 1. The van der Waals surface area contributed by atoms with E-state index >= 15 is 0 Å². The molecule has 1 fully saturated rings. The molecule has 5 nitrogen and oxygen atoms in total. The summed E-state index contributed by atoms with van der Waals surface area (Å²) in [7, 11) is 0. The van der Waals surface area contributed by atoms with E-state index in [-0.39, 0.29) is 12.7 Å². The van der Waals surface area contributed by atoms with Crippen LogP contribution in [0.2, 0.25) is 0 Å². The van der Waals surface area contributed by atoms with Gasteiger partial charge in [0.25, 0.3) is 0 Å². The van der Waals surface area contributed by atoms with Crippen molar-refractivity contribution in [3.8, 4) is 11.5 Å². The lowest BCUT2D eigenvalue weighted by molar-refractivity contribution is -0.132. The van der Waals surface area contributed by atoms with E-state index < -0.39 is 0 Å². The van der Waals surface area contributed by atoms with Gasteiger partial charge in [0.1, 0.15) is 0 Å². The molecule has 2 heterocycles. The fourth-order valence-corrected chi connectivity index (χ4v) is 4.19. The second kappa shape index (κ2) is 10.7. The van der Waals surface area contributed by atoms with Gasteiger partial charge in [-0.15, -0.1) is 0 Å². The molecule has 28 heavy (non-hydrogen) atoms. The van der Waals surface area contributed by atoms with Crippen molar-refractivity contribution >= 4 is 5.91 Å². The van der Waals surface area contributed by atoms with Crippen molar-refractivity contribution in [2.45, 2.75) is 77.8 Å². The third-order valence-electron chi connectivity index (χ3n) is 5.97. The minimum absolute atomic E-state index is 0.276. The second-order valence-corrected chi connectivity index (χ2v) is 8.19. The van der Waals surface area contributed by atoms with Crippen LogP contribution in [0.3, 0.4) is 0 Å². The molecule has 2 aliphatic heterocycles. The standard InChI is InChI=1S/C23H36N2O3/c1-3-4-5-10-23(26)25(15-8-14-24-13-7-6-9-19(24)2)17-20-11-12-21-22(16-20)28-18-27-21/h11-12,16,19H,3-10,13-15,17-18H2,1-2H3. The van der Waals surface area contributed by atoms with Crippen molar-refractivity contribution in [2.24, 2.45) is 0 Å². The molecular weight excluding hydrogens is 352 g/mol. The molecule has 5 heteroatoms. The van der Waals surface area contributed by atoms with Crippen molar-refractivity contribution in [1.29, 1.82) is 0 Å². The lowest BCUT2D eigenvalue weighted by atomic mass is 10.0. The van der Waals surface area contributed by atoms with Crippen molar-refractivity contribution in [3.05, 3.63) is 23.8 Å². The van der Waals surface area contributed by atoms with E-state index in [4.69, 9.17) is 9.47 Å². The Morgan fingerprint density at radius 2 is 2.04 bits per heavy atom. The zero-order valence-electron chi connectivity index (χ0n) is 17.6. The molecule has 3 rings (SSSR count). The first-order chi connectivity index (χ1) is 13.7. The van der Waals surface area contributed by atoms with Crippen LogP contribution in [0.25, 0.3) is 0 Å². The van der Waals surface area contributed by atoms with Crippen molar-refractivity contribution in [1.82, 2.24) is 9.80 Å². The second-order valence-electron chi connectivity index (χ2n) is 8.19. The maximum atomic E-state index is 12.9. The Morgan fingerprint density at radius 1 is 1.18 bits per heavy atom. The summed E-state index contributed by atoms with van der Waals surface area (Å²) in [6, 6.07) is 6.69. The van der Waals surface area contributed by atoms with Crippen molar-refractivity contribution < 1.29 is 14.3 Å². The number of nitrogens with zero attached hydrogens (tertiary/aromatic N) is 2. The molecule has 2 aliphatic rings. The van der Waals surface area contributed by atoms with E-state index in [1.165, 1.54) is 25.8 Å². The van der Waals surface area contributed by atoms with Gasteiger partial charge in [0, 0.05) is 32.1 Å². The number of piperidine rings is 1. The molecule has 156 valence electrons. The summed E-state index contributed by atoms with van der Waals surface area (Å²) in [5, 5.41) is 0. The van der Waals surface area contributed by atoms with Gasteiger partial charge < -0.3 is 19.3 Å². The smallest absolute Gasteiger partial charge is 0.231 e. The fraction of sp³-hybridized carbons (Fsp3) is 0.696. The Labute approximate surface area is 170 Å². The van der Waals surface area contributed by atoms with Crippen LogP contribution in [0.1, 0.15) is 70.8 Å². The number of carbonyl (C=O) groups excluding carboxylic acids is 1. The van der Waals surface area contributed by atoms with E-state index in [2.05, 4.69) is 18.7 Å². The third kappa shape index (κ3) is 5.87. The summed E-state index contributed by atoms with van der Waals surface area (Å²) in [5.74, 6) is 1.86. The fourth-order valence-electron chi connectivity index (χ4n) is 4.19. The number of carbonyl (C=O) groups is 1. The van der Waals surface area contributed by atoms with Gasteiger partial charge >= 0.3 is 0 Å². The molecule has 1 unspecified atom stereocenters. The van der Waals surface area contributed by atoms with Gasteiger partial charge in [-0.25, -0.2) is 0 Å². The van der Waals surface area contributed by atoms with E-state index in [1.54, 1.807) is 0 Å². The number of rotatable bonds is 10. The average molecular weight is 389 g/mol. The first-order valence-electron chi connectivity index (χ1n) is 11.1. The number of amides is 1. The number of fused-ring (bicyclic) bond motifs is 1. The molecule has 0 N–H and O–H groups in total. The van der Waals surface area contributed by atoms with Gasteiger partial charge in [-0.05, 0) is 56.8 Å². The number of hydrogen-bond donors (Lipinski definition) is 0. The van der Waals surface area contributed by atoms with Crippen LogP contribution in [0.4, 0.5) is 0 Å². The highest BCUT2D eigenvalue weighted by atomic mass is 16.7. The Balaban J connectivity index is 1.57. The number of unbranched alkanes of at least 4 members (excludes halogenated alkanes) is 2. The maximum absolute atomic E-state index is 12.9. The summed E-state index contributed by atoms with van der Waals surface area (Å²) in [6.07, 6.45) is 8.89. The van der Waals surface area contributed by atoms with E-state index in [9.17, 15) is 4.79 Å². The monoisotopic (exact) mass is 388 g/mol. The summed E-state index contributed by atoms with van der Waals surface area (Å²) in [6.45, 7) is 8.55. The number of hydrogen-bond acceptors (Lipinski definition) is 4. The Morgan fingerprint density at radius 3 is 2.86 bits per heavy atom. The van der Waals surface area contributed by atoms with E-state index in [0.29, 0.717) is 19.0 Å². The molecule has 1 amide bonds. The quantitative estimate of drug-likeness (QED) is 0.550. The van der Waals surface area contributed by atoms with Crippen molar-refractivity contribution in [2.75, 3.05) is 26.4 Å². The van der Waals surface area contributed by atoms with Crippen LogP contribution >= 0.6 is 0 Å². The first kappa shape index (κ1) is 21.0. The number of benzene rings is 1. The minimum Gasteiger partial charge on any atom is -0.454 e. The minimum atomic E-state index is 0.276. The molecule has 0 spiro atoms. The molecule has 0 aromatic heterocycles. The van der Waals surface area contributed by atoms with Crippen LogP contribution < -0.4 is 9.47 Å². The van der Waals surface area contributed by atoms with Gasteiger partial charge in [0.05, 0.1) is 0 Å². The van der Waals surface area contributed by atoms with Gasteiger partial charge in [0.15, 0.2) is 11.5 Å².